The van der Waals surface area contributed by atoms with Gasteiger partial charge in [0.1, 0.15) is 12.6 Å². The molecular weight excluding hydrogens is 386 g/mol. The van der Waals surface area contributed by atoms with Gasteiger partial charge in [-0.15, -0.1) is 11.8 Å². The van der Waals surface area contributed by atoms with E-state index in [1.807, 2.05) is 49.4 Å². The molecule has 3 rings (SSSR count). The van der Waals surface area contributed by atoms with Crippen LogP contribution < -0.4 is 10.2 Å². The Bertz CT molecular complexity index is 871. The number of hydrogen-bond acceptors (Lipinski definition) is 4. The molecule has 1 fully saturated rings. The quantitative estimate of drug-likeness (QED) is 0.410. The maximum absolute atomic E-state index is 12.7. The first kappa shape index (κ1) is 20.9. The average molecular weight is 412 g/mol. The molecule has 0 aromatic heterocycles. The summed E-state index contributed by atoms with van der Waals surface area (Å²) in [5.74, 6) is 0.198. The summed E-state index contributed by atoms with van der Waals surface area (Å²) < 4.78 is 0. The Kier molecular flexibility index (Phi) is 6.93. The van der Waals surface area contributed by atoms with Crippen molar-refractivity contribution < 1.29 is 14.4 Å². The van der Waals surface area contributed by atoms with Gasteiger partial charge in [0.2, 0.25) is 5.91 Å². The van der Waals surface area contributed by atoms with Crippen LogP contribution in [-0.2, 0) is 9.59 Å². The highest BCUT2D eigenvalue weighted by molar-refractivity contribution is 7.99. The maximum atomic E-state index is 12.7. The van der Waals surface area contributed by atoms with E-state index in [-0.39, 0.29) is 18.4 Å². The van der Waals surface area contributed by atoms with Crippen molar-refractivity contribution in [1.82, 2.24) is 10.2 Å². The number of urea groups is 1. The second kappa shape index (κ2) is 9.60. The van der Waals surface area contributed by atoms with Crippen molar-refractivity contribution in [3.05, 3.63) is 60.2 Å². The first-order valence-corrected chi connectivity index (χ1v) is 10.6. The van der Waals surface area contributed by atoms with Gasteiger partial charge in [0.05, 0.1) is 0 Å². The first-order chi connectivity index (χ1) is 14.0. The second-order valence-corrected chi connectivity index (χ2v) is 8.12. The van der Waals surface area contributed by atoms with Crippen molar-refractivity contribution in [3.63, 3.8) is 0 Å². The van der Waals surface area contributed by atoms with Gasteiger partial charge in [-0.25, -0.2) is 4.79 Å². The molecule has 1 aliphatic rings. The Morgan fingerprint density at radius 1 is 1.07 bits per heavy atom. The summed E-state index contributed by atoms with van der Waals surface area (Å²) in [5.41, 5.74) is 1.73. The molecule has 7 heteroatoms. The molecular formula is C22H25N3O3S. The summed E-state index contributed by atoms with van der Waals surface area (Å²) in [6.45, 7) is 3.89. The lowest BCUT2D eigenvalue weighted by atomic mass is 10.2. The molecule has 0 radical (unpaired) electrons. The minimum atomic E-state index is -0.625. The number of carbonyl (C=O) groups excluding carboxylic acids is 3. The Labute approximate surface area is 175 Å². The molecule has 1 heterocycles. The van der Waals surface area contributed by atoms with E-state index >= 15 is 0 Å². The van der Waals surface area contributed by atoms with Crippen molar-refractivity contribution in [3.8, 4) is 0 Å². The largest absolute Gasteiger partial charge is 0.355 e. The van der Waals surface area contributed by atoms with Crippen LogP contribution in [0.4, 0.5) is 10.5 Å². The van der Waals surface area contributed by atoms with Crippen LogP contribution in [0.1, 0.15) is 18.9 Å². The summed E-state index contributed by atoms with van der Waals surface area (Å²) in [6.07, 6.45) is 0.805. The molecule has 29 heavy (non-hydrogen) atoms. The van der Waals surface area contributed by atoms with E-state index in [0.29, 0.717) is 12.2 Å². The SMILES string of the molecule is Cc1ccc(N2C(=O)N(CC(=O)NCCCSc3ccccc3)C(=O)[C@@H]2C)cc1. The molecule has 4 amide bonds. The fraction of sp³-hybridized carbons (Fsp3) is 0.318. The lowest BCUT2D eigenvalue weighted by molar-refractivity contribution is -0.131. The summed E-state index contributed by atoms with van der Waals surface area (Å²) in [4.78, 5) is 41.1. The molecule has 6 nitrogen and oxygen atoms in total. The van der Waals surface area contributed by atoms with E-state index in [2.05, 4.69) is 17.4 Å². The van der Waals surface area contributed by atoms with Gasteiger partial charge in [0.15, 0.2) is 0 Å². The summed E-state index contributed by atoms with van der Waals surface area (Å²) in [5, 5.41) is 2.80. The van der Waals surface area contributed by atoms with E-state index in [0.717, 1.165) is 22.6 Å². The first-order valence-electron chi connectivity index (χ1n) is 9.63. The zero-order valence-electron chi connectivity index (χ0n) is 16.6. The van der Waals surface area contributed by atoms with Crippen molar-refractivity contribution in [1.29, 1.82) is 0 Å². The van der Waals surface area contributed by atoms with Crippen LogP contribution >= 0.6 is 11.8 Å². The number of rotatable bonds is 8. The van der Waals surface area contributed by atoms with E-state index in [1.165, 1.54) is 9.80 Å². The van der Waals surface area contributed by atoms with Gasteiger partial charge in [-0.3, -0.25) is 19.4 Å². The van der Waals surface area contributed by atoms with E-state index in [4.69, 9.17) is 0 Å². The minimum Gasteiger partial charge on any atom is -0.355 e. The van der Waals surface area contributed by atoms with Gasteiger partial charge >= 0.3 is 6.03 Å². The fourth-order valence-electron chi connectivity index (χ4n) is 3.12. The molecule has 0 unspecified atom stereocenters. The Morgan fingerprint density at radius 2 is 1.76 bits per heavy atom. The number of anilines is 1. The molecule has 0 bridgehead atoms. The predicted octanol–water partition coefficient (Wildman–Crippen LogP) is 3.45. The van der Waals surface area contributed by atoms with Gasteiger partial charge in [-0.05, 0) is 50.3 Å². The fourth-order valence-corrected chi connectivity index (χ4v) is 3.99. The molecule has 152 valence electrons. The topological polar surface area (TPSA) is 69.7 Å². The molecule has 1 atom stereocenters. The third kappa shape index (κ3) is 5.17. The number of carbonyl (C=O) groups is 3. The standard InChI is InChI=1S/C22H25N3O3S/c1-16-9-11-18(12-10-16)25-17(2)21(27)24(22(25)28)15-20(26)23-13-6-14-29-19-7-4-3-5-8-19/h3-5,7-12,17H,6,13-15H2,1-2H3,(H,23,26)/t17-/m0/s1. The van der Waals surface area contributed by atoms with E-state index < -0.39 is 12.1 Å². The zero-order chi connectivity index (χ0) is 20.8. The predicted molar refractivity (Wildman–Crippen MR) is 115 cm³/mol. The number of amides is 4. The Morgan fingerprint density at radius 3 is 2.45 bits per heavy atom. The normalized spacial score (nSPS) is 16.4. The smallest absolute Gasteiger partial charge is 0.332 e. The van der Waals surface area contributed by atoms with Gasteiger partial charge < -0.3 is 5.32 Å². The molecule has 0 spiro atoms. The van der Waals surface area contributed by atoms with Crippen LogP contribution in [0.5, 0.6) is 0 Å². The summed E-state index contributed by atoms with van der Waals surface area (Å²) in [6, 6.07) is 16.4. The number of imide groups is 1. The monoisotopic (exact) mass is 411 g/mol. The van der Waals surface area contributed by atoms with Crippen LogP contribution in [0.2, 0.25) is 0 Å². The third-order valence-corrected chi connectivity index (χ3v) is 5.82. The number of thioether (sulfide) groups is 1. The number of aryl methyl sites for hydroxylation is 1. The van der Waals surface area contributed by atoms with Crippen LogP contribution in [0.3, 0.4) is 0 Å². The Hall–Kier alpha value is -2.80. The zero-order valence-corrected chi connectivity index (χ0v) is 17.4. The average Bonchev–Trinajstić information content (AvgIpc) is 2.93. The minimum absolute atomic E-state index is 0.254. The highest BCUT2D eigenvalue weighted by atomic mass is 32.2. The van der Waals surface area contributed by atoms with Gasteiger partial charge in [-0.2, -0.15) is 0 Å². The number of benzene rings is 2. The van der Waals surface area contributed by atoms with Crippen molar-refractivity contribution in [2.75, 3.05) is 23.7 Å². The molecule has 1 saturated heterocycles. The third-order valence-electron chi connectivity index (χ3n) is 4.72. The number of hydrogen-bond donors (Lipinski definition) is 1. The van der Waals surface area contributed by atoms with E-state index in [1.54, 1.807) is 18.7 Å². The molecule has 2 aromatic carbocycles. The molecule has 0 aliphatic carbocycles. The number of nitrogens with zero attached hydrogens (tertiary/aromatic N) is 2. The van der Waals surface area contributed by atoms with Crippen LogP contribution in [-0.4, -0.2) is 47.6 Å². The molecule has 2 aromatic rings. The second-order valence-electron chi connectivity index (χ2n) is 6.95. The van der Waals surface area contributed by atoms with Crippen LogP contribution in [0.25, 0.3) is 0 Å². The molecule has 1 N–H and O–H groups in total. The van der Waals surface area contributed by atoms with Gasteiger partial charge in [0, 0.05) is 17.1 Å². The van der Waals surface area contributed by atoms with Crippen LogP contribution in [0, 0.1) is 6.92 Å². The maximum Gasteiger partial charge on any atom is 0.332 e. The van der Waals surface area contributed by atoms with Gasteiger partial charge in [0.25, 0.3) is 5.91 Å². The van der Waals surface area contributed by atoms with Crippen molar-refractivity contribution >= 4 is 35.3 Å². The summed E-state index contributed by atoms with van der Waals surface area (Å²) in [7, 11) is 0. The van der Waals surface area contributed by atoms with Crippen molar-refractivity contribution in [2.45, 2.75) is 31.2 Å². The molecule has 1 aliphatic heterocycles. The highest BCUT2D eigenvalue weighted by Gasteiger charge is 2.43. The van der Waals surface area contributed by atoms with Gasteiger partial charge in [-0.1, -0.05) is 35.9 Å². The highest BCUT2D eigenvalue weighted by Crippen LogP contribution is 2.25. The lowest BCUT2D eigenvalue weighted by Gasteiger charge is -2.19. The lowest BCUT2D eigenvalue weighted by Crippen LogP contribution is -2.41. The van der Waals surface area contributed by atoms with Crippen molar-refractivity contribution in [2.24, 2.45) is 0 Å². The van der Waals surface area contributed by atoms with E-state index in [9.17, 15) is 14.4 Å². The van der Waals surface area contributed by atoms with Crippen LogP contribution in [0.15, 0.2) is 59.5 Å². The summed E-state index contributed by atoms with van der Waals surface area (Å²) >= 11 is 1.73. The number of nitrogens with one attached hydrogen (secondary N) is 1. The Balaban J connectivity index is 1.47. The molecule has 0 saturated carbocycles.